The second kappa shape index (κ2) is 10.6. The summed E-state index contributed by atoms with van der Waals surface area (Å²) in [4.78, 5) is 24.0. The van der Waals surface area contributed by atoms with Crippen molar-refractivity contribution in [2.75, 3.05) is 20.8 Å². The van der Waals surface area contributed by atoms with E-state index in [9.17, 15) is 9.59 Å². The van der Waals surface area contributed by atoms with E-state index < -0.39 is 24.4 Å². The fourth-order valence-electron chi connectivity index (χ4n) is 1.86. The van der Waals surface area contributed by atoms with Crippen LogP contribution in [0.15, 0.2) is 30.3 Å². The number of amides is 1. The Morgan fingerprint density at radius 2 is 1.67 bits per heavy atom. The Balaban J connectivity index is 2.49. The van der Waals surface area contributed by atoms with Crippen LogP contribution in [0.25, 0.3) is 0 Å². The average Bonchev–Trinajstić information content (AvgIpc) is 2.59. The third kappa shape index (κ3) is 6.97. The van der Waals surface area contributed by atoms with Crippen LogP contribution in [-0.2, 0) is 30.3 Å². The molecule has 0 aromatic heterocycles. The minimum absolute atomic E-state index is 0.0597. The zero-order valence-corrected chi connectivity index (χ0v) is 14.5. The van der Waals surface area contributed by atoms with Gasteiger partial charge in [0.1, 0.15) is 19.3 Å². The van der Waals surface area contributed by atoms with Gasteiger partial charge in [-0.3, -0.25) is 0 Å². The quantitative estimate of drug-likeness (QED) is 0.548. The van der Waals surface area contributed by atoms with Crippen LogP contribution in [0.2, 0.25) is 0 Å². The largest absolute Gasteiger partial charge is 0.459 e. The number of alkyl carbamates (subject to hydrolysis) is 1. The summed E-state index contributed by atoms with van der Waals surface area (Å²) >= 11 is 0. The van der Waals surface area contributed by atoms with E-state index in [0.29, 0.717) is 0 Å². The molecule has 0 heterocycles. The fourth-order valence-corrected chi connectivity index (χ4v) is 1.86. The van der Waals surface area contributed by atoms with Gasteiger partial charge in [0.05, 0.1) is 0 Å². The number of benzene rings is 1. The van der Waals surface area contributed by atoms with E-state index in [1.165, 1.54) is 14.2 Å². The summed E-state index contributed by atoms with van der Waals surface area (Å²) < 4.78 is 20.1. The Bertz CT molecular complexity index is 501. The lowest BCUT2D eigenvalue weighted by Crippen LogP contribution is -2.46. The average molecular weight is 339 g/mol. The lowest BCUT2D eigenvalue weighted by atomic mass is 10.1. The highest BCUT2D eigenvalue weighted by molar-refractivity contribution is 5.81. The maximum absolute atomic E-state index is 12.1. The summed E-state index contributed by atoms with van der Waals surface area (Å²) in [6, 6.07) is 8.46. The molecule has 1 rings (SSSR count). The van der Waals surface area contributed by atoms with Crippen molar-refractivity contribution in [3.63, 3.8) is 0 Å². The van der Waals surface area contributed by atoms with Gasteiger partial charge >= 0.3 is 12.1 Å². The summed E-state index contributed by atoms with van der Waals surface area (Å²) in [6.07, 6.45) is -1.32. The Morgan fingerprint density at radius 1 is 1.04 bits per heavy atom. The van der Waals surface area contributed by atoms with Crippen molar-refractivity contribution in [1.29, 1.82) is 0 Å². The van der Waals surface area contributed by atoms with E-state index in [-0.39, 0.29) is 19.1 Å². The van der Waals surface area contributed by atoms with Gasteiger partial charge in [-0.1, -0.05) is 44.2 Å². The lowest BCUT2D eigenvalue weighted by molar-refractivity contribution is -0.169. The standard InChI is InChI=1S/C17H25NO6/c1-12(2)15(16(19)23-11-14(21-3)22-4)18-17(20)24-10-13-8-6-5-7-9-13/h5-9,12,14-15H,10-11H2,1-4H3,(H,18,20)/t15-/m0/s1. The van der Waals surface area contributed by atoms with Crippen molar-refractivity contribution in [2.24, 2.45) is 5.92 Å². The van der Waals surface area contributed by atoms with Crippen LogP contribution in [-0.4, -0.2) is 45.2 Å². The Labute approximate surface area is 142 Å². The summed E-state index contributed by atoms with van der Waals surface area (Å²) in [6.45, 7) is 3.67. The molecule has 0 radical (unpaired) electrons. The maximum Gasteiger partial charge on any atom is 0.408 e. The highest BCUT2D eigenvalue weighted by Crippen LogP contribution is 2.07. The van der Waals surface area contributed by atoms with Gasteiger partial charge in [0.2, 0.25) is 0 Å². The van der Waals surface area contributed by atoms with Crippen molar-refractivity contribution in [1.82, 2.24) is 5.32 Å². The van der Waals surface area contributed by atoms with E-state index in [2.05, 4.69) is 5.32 Å². The molecule has 0 saturated heterocycles. The van der Waals surface area contributed by atoms with Crippen molar-refractivity contribution in [3.8, 4) is 0 Å². The molecule has 0 unspecified atom stereocenters. The van der Waals surface area contributed by atoms with Gasteiger partial charge in [-0.05, 0) is 11.5 Å². The molecule has 24 heavy (non-hydrogen) atoms. The molecule has 0 bridgehead atoms. The zero-order valence-electron chi connectivity index (χ0n) is 14.5. The normalized spacial score (nSPS) is 12.1. The molecule has 0 aliphatic carbocycles. The van der Waals surface area contributed by atoms with Crippen molar-refractivity contribution < 1.29 is 28.5 Å². The molecule has 134 valence electrons. The van der Waals surface area contributed by atoms with Gasteiger partial charge < -0.3 is 24.3 Å². The molecule has 0 aliphatic rings. The molecule has 1 aromatic carbocycles. The van der Waals surface area contributed by atoms with Crippen LogP contribution >= 0.6 is 0 Å². The monoisotopic (exact) mass is 339 g/mol. The number of methoxy groups -OCH3 is 2. The van der Waals surface area contributed by atoms with E-state index in [0.717, 1.165) is 5.56 Å². The molecule has 1 atom stereocenters. The smallest absolute Gasteiger partial charge is 0.408 e. The molecule has 0 fully saturated rings. The Morgan fingerprint density at radius 3 is 2.21 bits per heavy atom. The third-order valence-electron chi connectivity index (χ3n) is 3.29. The van der Waals surface area contributed by atoms with Gasteiger partial charge in [-0.15, -0.1) is 0 Å². The number of hydrogen-bond acceptors (Lipinski definition) is 6. The van der Waals surface area contributed by atoms with Crippen LogP contribution in [0.1, 0.15) is 19.4 Å². The first-order valence-electron chi connectivity index (χ1n) is 7.67. The summed E-state index contributed by atoms with van der Waals surface area (Å²) in [5, 5.41) is 2.53. The highest BCUT2D eigenvalue weighted by atomic mass is 16.7. The van der Waals surface area contributed by atoms with Crippen LogP contribution in [0.5, 0.6) is 0 Å². The summed E-state index contributed by atoms with van der Waals surface area (Å²) in [5.41, 5.74) is 0.861. The van der Waals surface area contributed by atoms with Crippen LogP contribution < -0.4 is 5.32 Å². The second-order valence-electron chi connectivity index (χ2n) is 5.46. The number of carbonyl (C=O) groups excluding carboxylic acids is 2. The first kappa shape index (κ1) is 19.9. The Hall–Kier alpha value is -2.12. The van der Waals surface area contributed by atoms with E-state index in [1.807, 2.05) is 30.3 Å². The number of rotatable bonds is 9. The molecule has 7 nitrogen and oxygen atoms in total. The number of ether oxygens (including phenoxy) is 4. The SMILES string of the molecule is COC(COC(=O)[C@@H](NC(=O)OCc1ccccc1)C(C)C)OC. The van der Waals surface area contributed by atoms with Gasteiger partial charge in [-0.25, -0.2) is 9.59 Å². The second-order valence-corrected chi connectivity index (χ2v) is 5.46. The molecule has 1 amide bonds. The molecule has 1 aromatic rings. The highest BCUT2D eigenvalue weighted by Gasteiger charge is 2.27. The zero-order chi connectivity index (χ0) is 17.9. The molecular weight excluding hydrogens is 314 g/mol. The first-order valence-corrected chi connectivity index (χ1v) is 7.67. The Kier molecular flexibility index (Phi) is 8.81. The molecule has 1 N–H and O–H groups in total. The van der Waals surface area contributed by atoms with Gasteiger partial charge in [0, 0.05) is 14.2 Å². The predicted octanol–water partition coefficient (Wildman–Crippen LogP) is 2.10. The molecular formula is C17H25NO6. The van der Waals surface area contributed by atoms with E-state index in [1.54, 1.807) is 13.8 Å². The summed E-state index contributed by atoms with van der Waals surface area (Å²) in [7, 11) is 2.89. The topological polar surface area (TPSA) is 83.1 Å². The molecule has 0 spiro atoms. The number of hydrogen-bond donors (Lipinski definition) is 1. The third-order valence-corrected chi connectivity index (χ3v) is 3.29. The van der Waals surface area contributed by atoms with Crippen LogP contribution in [0, 0.1) is 5.92 Å². The van der Waals surface area contributed by atoms with Gasteiger partial charge in [0.15, 0.2) is 6.29 Å². The molecule has 0 aliphatic heterocycles. The molecule has 7 heteroatoms. The van der Waals surface area contributed by atoms with E-state index >= 15 is 0 Å². The summed E-state index contributed by atoms with van der Waals surface area (Å²) in [5.74, 6) is -0.730. The van der Waals surface area contributed by atoms with Crippen LogP contribution in [0.4, 0.5) is 4.79 Å². The number of esters is 1. The molecule has 0 saturated carbocycles. The number of carbonyl (C=O) groups is 2. The van der Waals surface area contributed by atoms with Gasteiger partial charge in [-0.2, -0.15) is 0 Å². The minimum atomic E-state index is -0.817. The minimum Gasteiger partial charge on any atom is -0.459 e. The first-order chi connectivity index (χ1) is 11.5. The van der Waals surface area contributed by atoms with Gasteiger partial charge in [0.25, 0.3) is 0 Å². The van der Waals surface area contributed by atoms with Crippen molar-refractivity contribution in [2.45, 2.75) is 32.8 Å². The van der Waals surface area contributed by atoms with Crippen LogP contribution in [0.3, 0.4) is 0 Å². The lowest BCUT2D eigenvalue weighted by Gasteiger charge is -2.22. The number of nitrogens with one attached hydrogen (secondary N) is 1. The van der Waals surface area contributed by atoms with Crippen molar-refractivity contribution in [3.05, 3.63) is 35.9 Å². The maximum atomic E-state index is 12.1. The van der Waals surface area contributed by atoms with Crippen molar-refractivity contribution >= 4 is 12.1 Å². The fraction of sp³-hybridized carbons (Fsp3) is 0.529. The predicted molar refractivity (Wildman–Crippen MR) is 87.2 cm³/mol. The van der Waals surface area contributed by atoms with E-state index in [4.69, 9.17) is 18.9 Å².